The maximum atomic E-state index is 11.8. The molecule has 0 saturated heterocycles. The van der Waals surface area contributed by atoms with Gasteiger partial charge in [-0.15, -0.1) is 0 Å². The van der Waals surface area contributed by atoms with Crippen molar-refractivity contribution in [1.82, 2.24) is 0 Å². The van der Waals surface area contributed by atoms with Crippen LogP contribution in [-0.2, 0) is 14.3 Å². The Hall–Kier alpha value is -1.35. The lowest BCUT2D eigenvalue weighted by atomic mass is 10.1. The summed E-state index contributed by atoms with van der Waals surface area (Å²) < 4.78 is 10.9. The van der Waals surface area contributed by atoms with Gasteiger partial charge in [-0.05, 0) is 25.8 Å². The quantitative estimate of drug-likeness (QED) is 0.695. The second-order valence-corrected chi connectivity index (χ2v) is 4.27. The zero-order valence-electron chi connectivity index (χ0n) is 11.4. The third-order valence-corrected chi connectivity index (χ3v) is 2.80. The van der Waals surface area contributed by atoms with Crippen LogP contribution in [-0.4, -0.2) is 18.7 Å². The molecule has 3 heteroatoms. The number of ether oxygens (including phenoxy) is 2. The van der Waals surface area contributed by atoms with Crippen LogP contribution in [0.25, 0.3) is 0 Å². The third kappa shape index (κ3) is 4.88. The molecule has 1 aromatic carbocycles. The van der Waals surface area contributed by atoms with E-state index in [0.717, 1.165) is 12.0 Å². The lowest BCUT2D eigenvalue weighted by molar-refractivity contribution is -0.151. The Morgan fingerprint density at radius 2 is 1.89 bits per heavy atom. The summed E-state index contributed by atoms with van der Waals surface area (Å²) in [5, 5.41) is 0. The van der Waals surface area contributed by atoms with Gasteiger partial charge in [-0.1, -0.05) is 37.3 Å². The highest BCUT2D eigenvalue weighted by Crippen LogP contribution is 2.21. The number of esters is 1. The smallest absolute Gasteiger partial charge is 0.309 e. The molecule has 0 aliphatic rings. The molecule has 1 aromatic rings. The van der Waals surface area contributed by atoms with Crippen LogP contribution in [0.15, 0.2) is 30.3 Å². The lowest BCUT2D eigenvalue weighted by Crippen LogP contribution is -2.18. The van der Waals surface area contributed by atoms with Crippen molar-refractivity contribution < 1.29 is 14.3 Å². The molecule has 0 aliphatic heterocycles. The van der Waals surface area contributed by atoms with E-state index in [1.54, 1.807) is 0 Å². The largest absolute Gasteiger partial charge is 0.463 e. The minimum atomic E-state index is -0.215. The average molecular weight is 250 g/mol. The Morgan fingerprint density at radius 3 is 2.44 bits per heavy atom. The topological polar surface area (TPSA) is 35.5 Å². The fraction of sp³-hybridized carbons (Fsp3) is 0.533. The molecular formula is C15H22O3. The van der Waals surface area contributed by atoms with Gasteiger partial charge in [0, 0.05) is 6.61 Å². The zero-order valence-corrected chi connectivity index (χ0v) is 11.4. The molecule has 1 rings (SSSR count). The molecule has 0 N–H and O–H groups in total. The van der Waals surface area contributed by atoms with E-state index in [-0.39, 0.29) is 24.6 Å². The van der Waals surface area contributed by atoms with Crippen LogP contribution in [0.1, 0.15) is 45.3 Å². The number of rotatable bonds is 7. The summed E-state index contributed by atoms with van der Waals surface area (Å²) in [4.78, 5) is 11.8. The minimum Gasteiger partial charge on any atom is -0.463 e. The molecule has 0 amide bonds. The molecule has 0 spiro atoms. The summed E-state index contributed by atoms with van der Waals surface area (Å²) in [5.41, 5.74) is 1.01. The normalized spacial score (nSPS) is 13.9. The highest BCUT2D eigenvalue weighted by atomic mass is 16.5. The summed E-state index contributed by atoms with van der Waals surface area (Å²) in [5.74, 6) is -0.202. The molecule has 0 aromatic heterocycles. The molecule has 0 heterocycles. The second-order valence-electron chi connectivity index (χ2n) is 4.27. The molecule has 0 fully saturated rings. The van der Waals surface area contributed by atoms with Crippen molar-refractivity contribution in [3.8, 4) is 0 Å². The molecular weight excluding hydrogens is 228 g/mol. The third-order valence-electron chi connectivity index (χ3n) is 2.80. The zero-order chi connectivity index (χ0) is 13.4. The molecule has 0 saturated carbocycles. The number of benzene rings is 1. The van der Waals surface area contributed by atoms with Crippen molar-refractivity contribution in [1.29, 1.82) is 0 Å². The second kappa shape index (κ2) is 7.88. The van der Waals surface area contributed by atoms with Crippen LogP contribution in [0.5, 0.6) is 0 Å². The van der Waals surface area contributed by atoms with E-state index in [4.69, 9.17) is 9.47 Å². The first kappa shape index (κ1) is 14.7. The van der Waals surface area contributed by atoms with Gasteiger partial charge in [0.15, 0.2) is 0 Å². The van der Waals surface area contributed by atoms with Gasteiger partial charge in [-0.3, -0.25) is 4.79 Å². The molecule has 2 unspecified atom stereocenters. The van der Waals surface area contributed by atoms with E-state index in [9.17, 15) is 4.79 Å². The molecule has 0 bridgehead atoms. The van der Waals surface area contributed by atoms with E-state index in [0.29, 0.717) is 6.61 Å². The number of hydrogen-bond donors (Lipinski definition) is 0. The molecule has 3 nitrogen and oxygen atoms in total. The van der Waals surface area contributed by atoms with Crippen LogP contribution < -0.4 is 0 Å². The Balaban J connectivity index is 2.61. The summed E-state index contributed by atoms with van der Waals surface area (Å²) in [6.07, 6.45) is 0.849. The highest BCUT2D eigenvalue weighted by molar-refractivity contribution is 5.70. The van der Waals surface area contributed by atoms with Crippen LogP contribution in [0.2, 0.25) is 0 Å². The van der Waals surface area contributed by atoms with Gasteiger partial charge in [0.25, 0.3) is 0 Å². The first-order valence-electron chi connectivity index (χ1n) is 6.53. The van der Waals surface area contributed by atoms with Crippen molar-refractivity contribution in [3.05, 3.63) is 35.9 Å². The Morgan fingerprint density at radius 1 is 1.22 bits per heavy atom. The van der Waals surface area contributed by atoms with Crippen molar-refractivity contribution in [2.45, 2.75) is 45.8 Å². The number of carbonyl (C=O) groups is 1. The van der Waals surface area contributed by atoms with Crippen LogP contribution >= 0.6 is 0 Å². The van der Waals surface area contributed by atoms with Crippen molar-refractivity contribution in [2.24, 2.45) is 0 Å². The molecule has 100 valence electrons. The molecule has 0 aliphatic carbocycles. The first-order chi connectivity index (χ1) is 8.67. The lowest BCUT2D eigenvalue weighted by Gasteiger charge is -2.18. The average Bonchev–Trinajstić information content (AvgIpc) is 2.39. The Kier molecular flexibility index (Phi) is 6.44. The molecule has 0 radical (unpaired) electrons. The van der Waals surface area contributed by atoms with E-state index < -0.39 is 0 Å². The van der Waals surface area contributed by atoms with E-state index >= 15 is 0 Å². The predicted molar refractivity (Wildman–Crippen MR) is 71.3 cm³/mol. The van der Waals surface area contributed by atoms with Crippen molar-refractivity contribution in [2.75, 3.05) is 6.61 Å². The van der Waals surface area contributed by atoms with Gasteiger partial charge in [0.2, 0.25) is 0 Å². The number of hydrogen-bond acceptors (Lipinski definition) is 3. The molecule has 18 heavy (non-hydrogen) atoms. The van der Waals surface area contributed by atoms with Crippen LogP contribution in [0.4, 0.5) is 0 Å². The van der Waals surface area contributed by atoms with Gasteiger partial charge in [-0.2, -0.15) is 0 Å². The predicted octanol–water partition coefficient (Wildman–Crippen LogP) is 3.50. The van der Waals surface area contributed by atoms with Crippen LogP contribution in [0, 0.1) is 0 Å². The minimum absolute atomic E-state index is 0.0319. The summed E-state index contributed by atoms with van der Waals surface area (Å²) >= 11 is 0. The fourth-order valence-corrected chi connectivity index (χ4v) is 1.65. The van der Waals surface area contributed by atoms with Crippen molar-refractivity contribution in [3.63, 3.8) is 0 Å². The summed E-state index contributed by atoms with van der Waals surface area (Å²) in [7, 11) is 0. The fourth-order valence-electron chi connectivity index (χ4n) is 1.65. The number of carbonyl (C=O) groups excluding carboxylic acids is 1. The van der Waals surface area contributed by atoms with Crippen molar-refractivity contribution >= 4 is 5.97 Å². The van der Waals surface area contributed by atoms with Gasteiger partial charge in [-0.25, -0.2) is 0 Å². The van der Waals surface area contributed by atoms with Crippen LogP contribution in [0.3, 0.4) is 0 Å². The van der Waals surface area contributed by atoms with E-state index in [2.05, 4.69) is 0 Å². The Bertz CT molecular complexity index is 348. The van der Waals surface area contributed by atoms with E-state index in [1.807, 2.05) is 51.1 Å². The Labute approximate surface area is 109 Å². The summed E-state index contributed by atoms with van der Waals surface area (Å²) in [6.45, 7) is 6.40. The standard InChI is InChI=1S/C15H22O3/c1-4-12(3)18-15(16)11-14(17-5-2)13-9-7-6-8-10-13/h6-10,12,14H,4-5,11H2,1-3H3. The van der Waals surface area contributed by atoms with Gasteiger partial charge in [0.1, 0.15) is 0 Å². The van der Waals surface area contributed by atoms with Gasteiger partial charge >= 0.3 is 5.97 Å². The monoisotopic (exact) mass is 250 g/mol. The first-order valence-corrected chi connectivity index (χ1v) is 6.53. The summed E-state index contributed by atoms with van der Waals surface area (Å²) in [6, 6.07) is 9.78. The highest BCUT2D eigenvalue weighted by Gasteiger charge is 2.18. The maximum Gasteiger partial charge on any atom is 0.309 e. The van der Waals surface area contributed by atoms with Gasteiger partial charge in [0.05, 0.1) is 18.6 Å². The molecule has 2 atom stereocenters. The van der Waals surface area contributed by atoms with Gasteiger partial charge < -0.3 is 9.47 Å². The SMILES string of the molecule is CCOC(CC(=O)OC(C)CC)c1ccccc1. The van der Waals surface area contributed by atoms with E-state index in [1.165, 1.54) is 0 Å². The maximum absolute atomic E-state index is 11.8.